The standard InChI is InChI=1S/C38H36N2S/c1-37(2,3)27-21-25(22-28(23-27)38(4,5)6)24-39-33-19-10-9-16-32(33)36-40-35-31(18-12-20-34(35)41-36)30-17-11-14-26-13-7-8-15-29(26)30/h7-24H,1-6H3. The Morgan fingerprint density at radius 2 is 1.24 bits per heavy atom. The second-order valence-electron chi connectivity index (χ2n) is 12.8. The van der Waals surface area contributed by atoms with Crippen LogP contribution in [0.1, 0.15) is 58.2 Å². The maximum absolute atomic E-state index is 5.22. The van der Waals surface area contributed by atoms with E-state index in [2.05, 4.69) is 145 Å². The smallest absolute Gasteiger partial charge is 0.126 e. The maximum atomic E-state index is 5.22. The van der Waals surface area contributed by atoms with E-state index in [1.165, 1.54) is 32.2 Å². The van der Waals surface area contributed by atoms with Crippen molar-refractivity contribution in [2.24, 2.45) is 4.99 Å². The highest BCUT2D eigenvalue weighted by atomic mass is 32.1. The predicted octanol–water partition coefficient (Wildman–Crippen LogP) is 11.1. The number of hydrogen-bond donors (Lipinski definition) is 0. The first-order valence-electron chi connectivity index (χ1n) is 14.3. The van der Waals surface area contributed by atoms with Crippen LogP contribution in [-0.2, 0) is 10.8 Å². The number of fused-ring (bicyclic) bond motifs is 2. The Hall–Kier alpha value is -4.08. The molecule has 3 heteroatoms. The quantitative estimate of drug-likeness (QED) is 0.200. The van der Waals surface area contributed by atoms with Gasteiger partial charge in [0.2, 0.25) is 0 Å². The second kappa shape index (κ2) is 10.4. The van der Waals surface area contributed by atoms with Gasteiger partial charge in [0.15, 0.2) is 0 Å². The zero-order chi connectivity index (χ0) is 28.8. The molecule has 0 fully saturated rings. The molecule has 0 saturated carbocycles. The Bertz CT molecular complexity index is 1870. The first kappa shape index (κ1) is 27.1. The van der Waals surface area contributed by atoms with Crippen molar-refractivity contribution in [1.82, 2.24) is 4.98 Å². The topological polar surface area (TPSA) is 25.2 Å². The monoisotopic (exact) mass is 552 g/mol. The zero-order valence-electron chi connectivity index (χ0n) is 24.7. The van der Waals surface area contributed by atoms with E-state index >= 15 is 0 Å². The van der Waals surface area contributed by atoms with Crippen molar-refractivity contribution in [1.29, 1.82) is 0 Å². The molecule has 0 atom stereocenters. The van der Waals surface area contributed by atoms with Crippen molar-refractivity contribution in [2.45, 2.75) is 52.4 Å². The van der Waals surface area contributed by atoms with Gasteiger partial charge in [-0.25, -0.2) is 4.98 Å². The summed E-state index contributed by atoms with van der Waals surface area (Å²) in [4.78, 5) is 10.3. The van der Waals surface area contributed by atoms with Crippen LogP contribution in [0, 0.1) is 0 Å². The van der Waals surface area contributed by atoms with E-state index in [0.717, 1.165) is 32.9 Å². The molecule has 1 aromatic heterocycles. The highest BCUT2D eigenvalue weighted by Crippen LogP contribution is 2.40. The van der Waals surface area contributed by atoms with Crippen LogP contribution >= 0.6 is 11.3 Å². The van der Waals surface area contributed by atoms with Crippen molar-refractivity contribution in [3.8, 4) is 21.7 Å². The lowest BCUT2D eigenvalue weighted by atomic mass is 9.79. The maximum Gasteiger partial charge on any atom is 0.126 e. The van der Waals surface area contributed by atoms with Gasteiger partial charge in [0.1, 0.15) is 5.01 Å². The van der Waals surface area contributed by atoms with Crippen molar-refractivity contribution in [3.05, 3.63) is 120 Å². The van der Waals surface area contributed by atoms with Crippen molar-refractivity contribution < 1.29 is 0 Å². The van der Waals surface area contributed by atoms with Gasteiger partial charge in [-0.3, -0.25) is 4.99 Å². The van der Waals surface area contributed by atoms with Gasteiger partial charge in [0, 0.05) is 17.3 Å². The number of nitrogens with zero attached hydrogens (tertiary/aromatic N) is 2. The molecular formula is C38H36N2S. The van der Waals surface area contributed by atoms with Crippen molar-refractivity contribution >= 4 is 44.2 Å². The normalized spacial score (nSPS) is 12.5. The van der Waals surface area contributed by atoms with Crippen LogP contribution in [0.4, 0.5) is 5.69 Å². The first-order valence-corrected chi connectivity index (χ1v) is 15.1. The fraction of sp³-hybridized carbons (Fsp3) is 0.211. The summed E-state index contributed by atoms with van der Waals surface area (Å²) < 4.78 is 1.18. The average molecular weight is 553 g/mol. The molecule has 0 unspecified atom stereocenters. The Kier molecular flexibility index (Phi) is 6.87. The third-order valence-electron chi connectivity index (χ3n) is 7.67. The Morgan fingerprint density at radius 3 is 2.00 bits per heavy atom. The van der Waals surface area contributed by atoms with Gasteiger partial charge in [0.05, 0.1) is 15.9 Å². The van der Waals surface area contributed by atoms with Crippen LogP contribution in [0.2, 0.25) is 0 Å². The number of benzene rings is 5. The SMILES string of the molecule is CC(C)(C)c1cc(C=Nc2ccccc2-c2nc3c(-c4cccc5ccccc45)cccc3s2)cc(C(C)(C)C)c1. The number of hydrogen-bond acceptors (Lipinski definition) is 3. The summed E-state index contributed by atoms with van der Waals surface area (Å²) in [5.74, 6) is 0. The van der Waals surface area contributed by atoms with Gasteiger partial charge in [-0.05, 0) is 74.2 Å². The summed E-state index contributed by atoms with van der Waals surface area (Å²) in [5, 5.41) is 3.47. The molecule has 204 valence electrons. The number of aliphatic imine (C=N–C) groups is 1. The summed E-state index contributed by atoms with van der Waals surface area (Å²) in [7, 11) is 0. The van der Waals surface area contributed by atoms with Gasteiger partial charge in [-0.2, -0.15) is 0 Å². The summed E-state index contributed by atoms with van der Waals surface area (Å²) in [6.07, 6.45) is 2.01. The average Bonchev–Trinajstić information content (AvgIpc) is 3.39. The van der Waals surface area contributed by atoms with E-state index in [-0.39, 0.29) is 10.8 Å². The van der Waals surface area contributed by atoms with Crippen molar-refractivity contribution in [3.63, 3.8) is 0 Å². The highest BCUT2D eigenvalue weighted by Gasteiger charge is 2.20. The second-order valence-corrected chi connectivity index (χ2v) is 13.8. The summed E-state index contributed by atoms with van der Waals surface area (Å²) >= 11 is 1.73. The molecule has 0 spiro atoms. The molecule has 0 N–H and O–H groups in total. The van der Waals surface area contributed by atoms with E-state index in [1.54, 1.807) is 11.3 Å². The molecule has 0 bridgehead atoms. The van der Waals surface area contributed by atoms with Crippen LogP contribution in [0.15, 0.2) is 108 Å². The van der Waals surface area contributed by atoms with Crippen LogP contribution < -0.4 is 0 Å². The van der Waals surface area contributed by atoms with Gasteiger partial charge in [-0.1, -0.05) is 114 Å². The molecule has 0 saturated heterocycles. The summed E-state index contributed by atoms with van der Waals surface area (Å²) in [6, 6.07) is 36.8. The van der Waals surface area contributed by atoms with Gasteiger partial charge in [0.25, 0.3) is 0 Å². The minimum absolute atomic E-state index is 0.0601. The Labute approximate surface area is 247 Å². The summed E-state index contributed by atoms with van der Waals surface area (Å²) in [5.41, 5.74) is 9.29. The Balaban J connectivity index is 1.43. The molecule has 41 heavy (non-hydrogen) atoms. The molecule has 2 nitrogen and oxygen atoms in total. The number of para-hydroxylation sites is 2. The Morgan fingerprint density at radius 1 is 0.634 bits per heavy atom. The summed E-state index contributed by atoms with van der Waals surface area (Å²) in [6.45, 7) is 13.6. The first-order chi connectivity index (χ1) is 19.6. The van der Waals surface area contributed by atoms with E-state index in [1.807, 2.05) is 6.21 Å². The molecule has 1 heterocycles. The largest absolute Gasteiger partial charge is 0.256 e. The van der Waals surface area contributed by atoms with Crippen LogP contribution in [-0.4, -0.2) is 11.2 Å². The molecule has 0 aliphatic rings. The fourth-order valence-electron chi connectivity index (χ4n) is 5.24. The molecule has 6 rings (SSSR count). The van der Waals surface area contributed by atoms with E-state index in [0.29, 0.717) is 0 Å². The lowest BCUT2D eigenvalue weighted by Gasteiger charge is -2.25. The number of rotatable bonds is 4. The molecule has 6 aromatic rings. The molecule has 0 amide bonds. The van der Waals surface area contributed by atoms with E-state index < -0.39 is 0 Å². The third kappa shape index (κ3) is 5.47. The van der Waals surface area contributed by atoms with Crippen molar-refractivity contribution in [2.75, 3.05) is 0 Å². The number of aromatic nitrogens is 1. The predicted molar refractivity (Wildman–Crippen MR) is 179 cm³/mol. The van der Waals surface area contributed by atoms with Crippen LogP contribution in [0.25, 0.3) is 42.7 Å². The third-order valence-corrected chi connectivity index (χ3v) is 8.73. The molecule has 0 aliphatic heterocycles. The molecule has 5 aromatic carbocycles. The lowest BCUT2D eigenvalue weighted by molar-refractivity contribution is 0.568. The van der Waals surface area contributed by atoms with Crippen LogP contribution in [0.5, 0.6) is 0 Å². The molecular weight excluding hydrogens is 516 g/mol. The highest BCUT2D eigenvalue weighted by molar-refractivity contribution is 7.21. The van der Waals surface area contributed by atoms with Gasteiger partial charge < -0.3 is 0 Å². The molecule has 0 aliphatic carbocycles. The number of thiazole rings is 1. The lowest BCUT2D eigenvalue weighted by Crippen LogP contribution is -2.17. The van der Waals surface area contributed by atoms with Gasteiger partial charge >= 0.3 is 0 Å². The minimum Gasteiger partial charge on any atom is -0.256 e. The minimum atomic E-state index is 0.0601. The van der Waals surface area contributed by atoms with E-state index in [4.69, 9.17) is 9.98 Å². The van der Waals surface area contributed by atoms with Gasteiger partial charge in [-0.15, -0.1) is 11.3 Å². The molecule has 0 radical (unpaired) electrons. The van der Waals surface area contributed by atoms with E-state index in [9.17, 15) is 0 Å². The zero-order valence-corrected chi connectivity index (χ0v) is 25.5. The van der Waals surface area contributed by atoms with Crippen LogP contribution in [0.3, 0.4) is 0 Å². The fourth-order valence-corrected chi connectivity index (χ4v) is 6.27.